The molecule has 0 unspecified atom stereocenters. The molecule has 0 aliphatic heterocycles. The molecule has 0 amide bonds. The number of fused-ring (bicyclic) bond motifs is 1. The summed E-state index contributed by atoms with van der Waals surface area (Å²) < 4.78 is 0.853. The standard InChI is InChI=1S/C11H9BrClN3/c1-7(12)6-14-10-8-4-2-3-5-9(8)15-11(13)16-10/h2-5H,1,6H2,(H,14,15,16). The highest BCUT2D eigenvalue weighted by molar-refractivity contribution is 9.11. The van der Waals surface area contributed by atoms with E-state index in [1.54, 1.807) is 0 Å². The smallest absolute Gasteiger partial charge is 0.224 e. The summed E-state index contributed by atoms with van der Waals surface area (Å²) in [6.45, 7) is 4.35. The lowest BCUT2D eigenvalue weighted by Gasteiger charge is -2.07. The van der Waals surface area contributed by atoms with Crippen molar-refractivity contribution in [2.45, 2.75) is 0 Å². The van der Waals surface area contributed by atoms with Gasteiger partial charge in [-0.15, -0.1) is 0 Å². The Morgan fingerprint density at radius 1 is 1.38 bits per heavy atom. The fraction of sp³-hybridized carbons (Fsp3) is 0.0909. The van der Waals surface area contributed by atoms with E-state index in [9.17, 15) is 0 Å². The van der Waals surface area contributed by atoms with E-state index >= 15 is 0 Å². The molecule has 1 heterocycles. The Morgan fingerprint density at radius 2 is 2.12 bits per heavy atom. The molecule has 1 aromatic carbocycles. The van der Waals surface area contributed by atoms with Gasteiger partial charge in [0.15, 0.2) is 0 Å². The Morgan fingerprint density at radius 3 is 2.88 bits per heavy atom. The Kier molecular flexibility index (Phi) is 3.41. The normalized spacial score (nSPS) is 10.4. The van der Waals surface area contributed by atoms with Crippen molar-refractivity contribution >= 4 is 44.3 Å². The van der Waals surface area contributed by atoms with Crippen LogP contribution in [0.4, 0.5) is 5.82 Å². The number of halogens is 2. The summed E-state index contributed by atoms with van der Waals surface area (Å²) in [5.41, 5.74) is 0.824. The molecule has 0 atom stereocenters. The molecule has 1 N–H and O–H groups in total. The predicted molar refractivity (Wildman–Crippen MR) is 71.1 cm³/mol. The molecule has 82 valence electrons. The molecule has 1 aromatic heterocycles. The van der Waals surface area contributed by atoms with Gasteiger partial charge < -0.3 is 5.32 Å². The van der Waals surface area contributed by atoms with E-state index in [0.29, 0.717) is 6.54 Å². The van der Waals surface area contributed by atoms with E-state index in [2.05, 4.69) is 37.8 Å². The first-order valence-electron chi connectivity index (χ1n) is 4.66. The molecule has 0 fully saturated rings. The molecule has 0 aliphatic carbocycles. The van der Waals surface area contributed by atoms with Crippen LogP contribution in [0.15, 0.2) is 35.3 Å². The lowest BCUT2D eigenvalue weighted by atomic mass is 10.2. The SMILES string of the molecule is C=C(Br)CNc1nc(Cl)nc2ccccc12. The van der Waals surface area contributed by atoms with E-state index in [4.69, 9.17) is 11.6 Å². The highest BCUT2D eigenvalue weighted by Crippen LogP contribution is 2.22. The van der Waals surface area contributed by atoms with E-state index < -0.39 is 0 Å². The Labute approximate surface area is 107 Å². The second kappa shape index (κ2) is 4.80. The van der Waals surface area contributed by atoms with E-state index in [1.165, 1.54) is 0 Å². The Hall–Kier alpha value is -1.13. The Balaban J connectivity index is 2.46. The number of anilines is 1. The molecule has 0 saturated carbocycles. The number of benzene rings is 1. The van der Waals surface area contributed by atoms with Gasteiger partial charge in [-0.25, -0.2) is 9.97 Å². The van der Waals surface area contributed by atoms with Crippen LogP contribution in [0.5, 0.6) is 0 Å². The predicted octanol–water partition coefficient (Wildman–Crippen LogP) is 3.60. The van der Waals surface area contributed by atoms with Crippen LogP contribution in [-0.4, -0.2) is 16.5 Å². The third-order valence-electron chi connectivity index (χ3n) is 2.02. The maximum atomic E-state index is 5.84. The molecule has 2 aromatic rings. The summed E-state index contributed by atoms with van der Waals surface area (Å²) in [4.78, 5) is 8.30. The van der Waals surface area contributed by atoms with Crippen molar-refractivity contribution in [1.29, 1.82) is 0 Å². The second-order valence-corrected chi connectivity index (χ2v) is 4.69. The highest BCUT2D eigenvalue weighted by atomic mass is 79.9. The topological polar surface area (TPSA) is 37.8 Å². The fourth-order valence-corrected chi connectivity index (χ4v) is 1.68. The molecular formula is C11H9BrClN3. The summed E-state index contributed by atoms with van der Waals surface area (Å²) >= 11 is 9.12. The van der Waals surface area contributed by atoms with Gasteiger partial charge in [-0.2, -0.15) is 0 Å². The van der Waals surface area contributed by atoms with Crippen molar-refractivity contribution in [3.8, 4) is 0 Å². The average Bonchev–Trinajstić information content (AvgIpc) is 2.25. The van der Waals surface area contributed by atoms with Crippen molar-refractivity contribution < 1.29 is 0 Å². The Bertz CT molecular complexity index is 542. The van der Waals surface area contributed by atoms with Crippen molar-refractivity contribution in [3.63, 3.8) is 0 Å². The van der Waals surface area contributed by atoms with Gasteiger partial charge in [-0.1, -0.05) is 34.6 Å². The summed E-state index contributed by atoms with van der Waals surface area (Å²) in [5.74, 6) is 0.719. The van der Waals surface area contributed by atoms with Crippen molar-refractivity contribution in [2.24, 2.45) is 0 Å². The zero-order chi connectivity index (χ0) is 11.5. The van der Waals surface area contributed by atoms with Crippen LogP contribution in [0.3, 0.4) is 0 Å². The van der Waals surface area contributed by atoms with Gasteiger partial charge in [0.05, 0.1) is 5.52 Å². The van der Waals surface area contributed by atoms with Crippen LogP contribution in [0, 0.1) is 0 Å². The second-order valence-electron chi connectivity index (χ2n) is 3.23. The van der Waals surface area contributed by atoms with Gasteiger partial charge in [-0.05, 0) is 23.7 Å². The van der Waals surface area contributed by atoms with Crippen LogP contribution in [0.1, 0.15) is 0 Å². The molecule has 5 heteroatoms. The highest BCUT2D eigenvalue weighted by Gasteiger charge is 2.05. The fourth-order valence-electron chi connectivity index (χ4n) is 1.36. The van der Waals surface area contributed by atoms with Gasteiger partial charge in [0.25, 0.3) is 0 Å². The third-order valence-corrected chi connectivity index (χ3v) is 2.47. The van der Waals surface area contributed by atoms with Crippen molar-refractivity contribution in [3.05, 3.63) is 40.6 Å². The minimum Gasteiger partial charge on any atom is -0.365 e. The number of hydrogen-bond acceptors (Lipinski definition) is 3. The number of para-hydroxylation sites is 1. The molecule has 0 bridgehead atoms. The lowest BCUT2D eigenvalue weighted by Crippen LogP contribution is -2.04. The minimum atomic E-state index is 0.237. The van der Waals surface area contributed by atoms with Crippen LogP contribution in [-0.2, 0) is 0 Å². The molecule has 3 nitrogen and oxygen atoms in total. The lowest BCUT2D eigenvalue weighted by molar-refractivity contribution is 1.18. The zero-order valence-corrected chi connectivity index (χ0v) is 10.7. The maximum absolute atomic E-state index is 5.84. The largest absolute Gasteiger partial charge is 0.365 e. The summed E-state index contributed by atoms with van der Waals surface area (Å²) in [6.07, 6.45) is 0. The first-order chi connectivity index (χ1) is 7.66. The molecule has 2 rings (SSSR count). The molecule has 0 radical (unpaired) electrons. The quantitative estimate of drug-likeness (QED) is 0.880. The first-order valence-corrected chi connectivity index (χ1v) is 5.83. The molecular weight excluding hydrogens is 289 g/mol. The number of nitrogens with zero attached hydrogens (tertiary/aromatic N) is 2. The van der Waals surface area contributed by atoms with Crippen LogP contribution in [0.25, 0.3) is 10.9 Å². The van der Waals surface area contributed by atoms with E-state index in [0.717, 1.165) is 21.2 Å². The monoisotopic (exact) mass is 297 g/mol. The van der Waals surface area contributed by atoms with Gasteiger partial charge >= 0.3 is 0 Å². The van der Waals surface area contributed by atoms with Gasteiger partial charge in [0.2, 0.25) is 5.28 Å². The van der Waals surface area contributed by atoms with Crippen molar-refractivity contribution in [1.82, 2.24) is 9.97 Å². The van der Waals surface area contributed by atoms with Crippen LogP contribution < -0.4 is 5.32 Å². The summed E-state index contributed by atoms with van der Waals surface area (Å²) in [7, 11) is 0. The summed E-state index contributed by atoms with van der Waals surface area (Å²) in [6, 6.07) is 7.70. The zero-order valence-electron chi connectivity index (χ0n) is 8.37. The number of aromatic nitrogens is 2. The van der Waals surface area contributed by atoms with Gasteiger partial charge in [0.1, 0.15) is 5.82 Å². The number of hydrogen-bond donors (Lipinski definition) is 1. The minimum absolute atomic E-state index is 0.237. The van der Waals surface area contributed by atoms with E-state index in [1.807, 2.05) is 24.3 Å². The number of rotatable bonds is 3. The molecule has 0 spiro atoms. The van der Waals surface area contributed by atoms with Crippen molar-refractivity contribution in [2.75, 3.05) is 11.9 Å². The van der Waals surface area contributed by atoms with Crippen LogP contribution in [0.2, 0.25) is 5.28 Å². The third kappa shape index (κ3) is 2.51. The molecule has 0 saturated heterocycles. The maximum Gasteiger partial charge on any atom is 0.224 e. The van der Waals surface area contributed by atoms with Crippen LogP contribution >= 0.6 is 27.5 Å². The molecule has 0 aliphatic rings. The summed E-state index contributed by atoms with van der Waals surface area (Å²) in [5, 5.41) is 4.33. The average molecular weight is 299 g/mol. The number of nitrogens with one attached hydrogen (secondary N) is 1. The van der Waals surface area contributed by atoms with Gasteiger partial charge in [0, 0.05) is 16.4 Å². The van der Waals surface area contributed by atoms with E-state index in [-0.39, 0.29) is 5.28 Å². The molecule has 16 heavy (non-hydrogen) atoms. The first kappa shape index (κ1) is 11.4. The van der Waals surface area contributed by atoms with Gasteiger partial charge in [-0.3, -0.25) is 0 Å².